The van der Waals surface area contributed by atoms with Crippen LogP contribution in [0.5, 0.6) is 0 Å². The maximum atomic E-state index is 8.80. The van der Waals surface area contributed by atoms with Crippen LogP contribution in [0.1, 0.15) is 25.1 Å². The van der Waals surface area contributed by atoms with Gasteiger partial charge in [0, 0.05) is 17.9 Å². The Kier molecular flexibility index (Phi) is 4.80. The summed E-state index contributed by atoms with van der Waals surface area (Å²) in [7, 11) is 0. The maximum absolute atomic E-state index is 8.80. The highest BCUT2D eigenvalue weighted by molar-refractivity contribution is 7.09. The molecule has 0 aromatic carbocycles. The van der Waals surface area contributed by atoms with Crippen LogP contribution in [0.15, 0.2) is 17.5 Å². The van der Waals surface area contributed by atoms with Crippen molar-refractivity contribution in [1.29, 1.82) is 5.26 Å². The minimum atomic E-state index is -0.261. The van der Waals surface area contributed by atoms with Crippen LogP contribution < -0.4 is 0 Å². The zero-order valence-electron chi connectivity index (χ0n) is 9.32. The normalized spacial score (nSPS) is 11.3. The summed E-state index contributed by atoms with van der Waals surface area (Å²) in [5.74, 6) is 0. The van der Waals surface area contributed by atoms with E-state index in [9.17, 15) is 0 Å². The van der Waals surface area contributed by atoms with Crippen molar-refractivity contribution in [2.24, 2.45) is 5.41 Å². The molecule has 0 saturated carbocycles. The lowest BCUT2D eigenvalue weighted by Gasteiger charge is -2.14. The molecule has 0 bridgehead atoms. The van der Waals surface area contributed by atoms with Gasteiger partial charge >= 0.3 is 0 Å². The molecule has 0 atom stereocenters. The van der Waals surface area contributed by atoms with Crippen molar-refractivity contribution in [3.05, 3.63) is 22.4 Å². The topological polar surface area (TPSA) is 33.0 Å². The Morgan fingerprint density at radius 1 is 1.47 bits per heavy atom. The number of hydrogen-bond acceptors (Lipinski definition) is 3. The second-order valence-electron chi connectivity index (χ2n) is 4.19. The van der Waals surface area contributed by atoms with E-state index in [1.165, 1.54) is 4.88 Å². The lowest BCUT2D eigenvalue weighted by Crippen LogP contribution is -2.12. The summed E-state index contributed by atoms with van der Waals surface area (Å²) >= 11 is 1.76. The van der Waals surface area contributed by atoms with E-state index in [-0.39, 0.29) is 5.41 Å². The SMILES string of the molecule is CC(C)(C#N)CCOCCc1cccs1. The summed E-state index contributed by atoms with van der Waals surface area (Å²) in [6, 6.07) is 6.44. The molecular weight excluding hydrogens is 206 g/mol. The minimum Gasteiger partial charge on any atom is -0.381 e. The molecule has 0 radical (unpaired) electrons. The van der Waals surface area contributed by atoms with Crippen LogP contribution in [0.25, 0.3) is 0 Å². The van der Waals surface area contributed by atoms with Gasteiger partial charge < -0.3 is 4.74 Å². The Labute approximate surface area is 95.5 Å². The van der Waals surface area contributed by atoms with E-state index in [1.54, 1.807) is 11.3 Å². The van der Waals surface area contributed by atoms with Gasteiger partial charge in [-0.1, -0.05) is 6.07 Å². The summed E-state index contributed by atoms with van der Waals surface area (Å²) in [6.07, 6.45) is 1.78. The van der Waals surface area contributed by atoms with E-state index >= 15 is 0 Å². The molecule has 0 saturated heterocycles. The molecule has 1 aromatic heterocycles. The molecule has 0 spiro atoms. The molecule has 1 heterocycles. The van der Waals surface area contributed by atoms with Crippen molar-refractivity contribution in [2.75, 3.05) is 13.2 Å². The van der Waals surface area contributed by atoms with E-state index in [0.717, 1.165) is 19.4 Å². The molecule has 82 valence electrons. The van der Waals surface area contributed by atoms with E-state index < -0.39 is 0 Å². The Morgan fingerprint density at radius 3 is 2.87 bits per heavy atom. The molecule has 0 fully saturated rings. The zero-order valence-corrected chi connectivity index (χ0v) is 10.1. The first-order chi connectivity index (χ1) is 7.14. The van der Waals surface area contributed by atoms with Crippen LogP contribution in [-0.4, -0.2) is 13.2 Å². The third kappa shape index (κ3) is 4.96. The first-order valence-corrected chi connectivity index (χ1v) is 6.03. The lowest BCUT2D eigenvalue weighted by molar-refractivity contribution is 0.118. The Hall–Kier alpha value is -0.850. The van der Waals surface area contributed by atoms with E-state index in [2.05, 4.69) is 23.6 Å². The highest BCUT2D eigenvalue weighted by Gasteiger charge is 2.15. The second-order valence-corrected chi connectivity index (χ2v) is 5.22. The van der Waals surface area contributed by atoms with Gasteiger partial charge in [0.1, 0.15) is 0 Å². The second kappa shape index (κ2) is 5.89. The van der Waals surface area contributed by atoms with Gasteiger partial charge in [-0.05, 0) is 31.7 Å². The van der Waals surface area contributed by atoms with Crippen LogP contribution in [-0.2, 0) is 11.2 Å². The van der Waals surface area contributed by atoms with Crippen LogP contribution in [0.3, 0.4) is 0 Å². The fourth-order valence-electron chi connectivity index (χ4n) is 1.11. The average molecular weight is 223 g/mol. The van der Waals surface area contributed by atoms with Gasteiger partial charge in [-0.25, -0.2) is 0 Å². The van der Waals surface area contributed by atoms with Gasteiger partial charge in [0.05, 0.1) is 18.1 Å². The summed E-state index contributed by atoms with van der Waals surface area (Å²) < 4.78 is 5.50. The first kappa shape index (κ1) is 12.2. The van der Waals surface area contributed by atoms with Crippen LogP contribution in [0, 0.1) is 16.7 Å². The Bertz CT molecular complexity index is 311. The fraction of sp³-hybridized carbons (Fsp3) is 0.583. The van der Waals surface area contributed by atoms with Crippen molar-refractivity contribution in [3.63, 3.8) is 0 Å². The van der Waals surface area contributed by atoms with Crippen LogP contribution in [0.4, 0.5) is 0 Å². The third-order valence-corrected chi connectivity index (χ3v) is 3.18. The van der Waals surface area contributed by atoms with E-state index in [0.29, 0.717) is 6.61 Å². The van der Waals surface area contributed by atoms with Crippen LogP contribution >= 0.6 is 11.3 Å². The molecule has 0 amide bonds. The molecule has 0 aliphatic heterocycles. The predicted molar refractivity (Wildman–Crippen MR) is 62.9 cm³/mol. The molecule has 1 rings (SSSR count). The van der Waals surface area contributed by atoms with Gasteiger partial charge in [-0.3, -0.25) is 0 Å². The van der Waals surface area contributed by atoms with E-state index in [1.807, 2.05) is 13.8 Å². The van der Waals surface area contributed by atoms with Gasteiger partial charge in [-0.2, -0.15) is 5.26 Å². The number of nitrogens with zero attached hydrogens (tertiary/aromatic N) is 1. The molecule has 3 heteroatoms. The zero-order chi connectivity index (χ0) is 11.1. The van der Waals surface area contributed by atoms with Crippen molar-refractivity contribution >= 4 is 11.3 Å². The quantitative estimate of drug-likeness (QED) is 0.694. The highest BCUT2D eigenvalue weighted by atomic mass is 32.1. The first-order valence-electron chi connectivity index (χ1n) is 5.15. The monoisotopic (exact) mass is 223 g/mol. The van der Waals surface area contributed by atoms with Crippen molar-refractivity contribution in [1.82, 2.24) is 0 Å². The maximum Gasteiger partial charge on any atom is 0.0684 e. The fourth-order valence-corrected chi connectivity index (χ4v) is 1.80. The van der Waals surface area contributed by atoms with Crippen molar-refractivity contribution in [2.45, 2.75) is 26.7 Å². The Balaban J connectivity index is 2.06. The summed E-state index contributed by atoms with van der Waals surface area (Å²) in [6.45, 7) is 5.30. The Morgan fingerprint density at radius 2 is 2.27 bits per heavy atom. The number of hydrogen-bond donors (Lipinski definition) is 0. The highest BCUT2D eigenvalue weighted by Crippen LogP contribution is 2.18. The predicted octanol–water partition coefficient (Wildman–Crippen LogP) is 3.25. The van der Waals surface area contributed by atoms with Gasteiger partial charge in [-0.15, -0.1) is 11.3 Å². The standard InChI is InChI=1S/C12H17NOS/c1-12(2,10-13)6-8-14-7-5-11-4-3-9-15-11/h3-4,9H,5-8H2,1-2H3. The van der Waals surface area contributed by atoms with Crippen molar-refractivity contribution in [3.8, 4) is 6.07 Å². The number of rotatable bonds is 6. The molecule has 15 heavy (non-hydrogen) atoms. The summed E-state index contributed by atoms with van der Waals surface area (Å²) in [5.41, 5.74) is -0.261. The molecule has 0 N–H and O–H groups in total. The lowest BCUT2D eigenvalue weighted by atomic mass is 9.92. The molecule has 0 aliphatic carbocycles. The van der Waals surface area contributed by atoms with Crippen LogP contribution in [0.2, 0.25) is 0 Å². The van der Waals surface area contributed by atoms with Crippen molar-refractivity contribution < 1.29 is 4.74 Å². The molecule has 0 unspecified atom stereocenters. The molecule has 2 nitrogen and oxygen atoms in total. The number of ether oxygens (including phenoxy) is 1. The molecular formula is C12H17NOS. The molecule has 1 aromatic rings. The number of nitriles is 1. The third-order valence-electron chi connectivity index (χ3n) is 2.25. The van der Waals surface area contributed by atoms with Gasteiger partial charge in [0.2, 0.25) is 0 Å². The minimum absolute atomic E-state index is 0.261. The summed E-state index contributed by atoms with van der Waals surface area (Å²) in [4.78, 5) is 1.36. The summed E-state index contributed by atoms with van der Waals surface area (Å²) in [5, 5.41) is 10.9. The number of thiophene rings is 1. The largest absolute Gasteiger partial charge is 0.381 e. The smallest absolute Gasteiger partial charge is 0.0684 e. The molecule has 0 aliphatic rings. The van der Waals surface area contributed by atoms with E-state index in [4.69, 9.17) is 10.00 Å². The van der Waals surface area contributed by atoms with Gasteiger partial charge in [0.15, 0.2) is 0 Å². The van der Waals surface area contributed by atoms with Gasteiger partial charge in [0.25, 0.3) is 0 Å². The average Bonchev–Trinajstić information content (AvgIpc) is 2.70.